The van der Waals surface area contributed by atoms with E-state index in [1.54, 1.807) is 36.0 Å². The fourth-order valence-corrected chi connectivity index (χ4v) is 5.89. The van der Waals surface area contributed by atoms with Gasteiger partial charge in [0.1, 0.15) is 18.0 Å². The van der Waals surface area contributed by atoms with Crippen LogP contribution in [0.3, 0.4) is 0 Å². The van der Waals surface area contributed by atoms with E-state index in [2.05, 4.69) is 20.3 Å². The van der Waals surface area contributed by atoms with E-state index >= 15 is 0 Å². The first kappa shape index (κ1) is 23.7. The number of nitrogens with one attached hydrogen (secondary N) is 1. The van der Waals surface area contributed by atoms with Gasteiger partial charge in [0.05, 0.1) is 10.4 Å². The number of benzene rings is 1. The molecular weight excluding hydrogens is 496 g/mol. The SMILES string of the molecule is O=C(NC12CCC(F)(CC1)C2)C(c1cncnc1)N(C(=O)C(F)Cl)c1ccc(-c2cncs2)cc1. The Balaban J connectivity index is 1.53. The second-order valence-corrected chi connectivity index (χ2v) is 10.4. The van der Waals surface area contributed by atoms with E-state index in [0.717, 1.165) is 15.3 Å². The quantitative estimate of drug-likeness (QED) is 0.457. The number of rotatable bonds is 7. The van der Waals surface area contributed by atoms with Crippen molar-refractivity contribution in [3.8, 4) is 10.4 Å². The fourth-order valence-electron chi connectivity index (χ4n) is 5.16. The van der Waals surface area contributed by atoms with Gasteiger partial charge >= 0.3 is 0 Å². The predicted molar refractivity (Wildman–Crippen MR) is 128 cm³/mol. The van der Waals surface area contributed by atoms with Gasteiger partial charge in [-0.1, -0.05) is 23.7 Å². The second-order valence-electron chi connectivity index (χ2n) is 9.09. The molecule has 2 aromatic heterocycles. The number of alkyl halides is 3. The average molecular weight is 518 g/mol. The summed E-state index contributed by atoms with van der Waals surface area (Å²) in [5.41, 5.74) is -1.25. The minimum atomic E-state index is -2.38. The van der Waals surface area contributed by atoms with Crippen LogP contribution in [0.25, 0.3) is 10.4 Å². The Morgan fingerprint density at radius 2 is 1.74 bits per heavy atom. The normalized spacial score (nSPS) is 24.7. The van der Waals surface area contributed by atoms with Crippen molar-refractivity contribution in [3.05, 3.63) is 60.3 Å². The summed E-state index contributed by atoms with van der Waals surface area (Å²) in [7, 11) is 0. The van der Waals surface area contributed by atoms with Gasteiger partial charge in [-0.2, -0.15) is 0 Å². The molecule has 2 atom stereocenters. The van der Waals surface area contributed by atoms with Crippen molar-refractivity contribution in [1.29, 1.82) is 0 Å². The molecule has 2 unspecified atom stereocenters. The Morgan fingerprint density at radius 1 is 1.06 bits per heavy atom. The number of aromatic nitrogens is 3. The molecule has 182 valence electrons. The van der Waals surface area contributed by atoms with Crippen LogP contribution in [0.2, 0.25) is 0 Å². The molecule has 35 heavy (non-hydrogen) atoms. The lowest BCUT2D eigenvalue weighted by Crippen LogP contribution is -2.52. The number of nitrogens with zero attached hydrogens (tertiary/aromatic N) is 4. The highest BCUT2D eigenvalue weighted by Gasteiger charge is 2.56. The van der Waals surface area contributed by atoms with Crippen LogP contribution in [0, 0.1) is 0 Å². The van der Waals surface area contributed by atoms with Crippen LogP contribution in [0.1, 0.15) is 43.7 Å². The molecule has 2 fully saturated rings. The van der Waals surface area contributed by atoms with Crippen LogP contribution >= 0.6 is 22.9 Å². The summed E-state index contributed by atoms with van der Waals surface area (Å²) in [5, 5.41) is 2.98. The Labute approximate surface area is 209 Å². The van der Waals surface area contributed by atoms with Gasteiger partial charge in [0.25, 0.3) is 11.5 Å². The van der Waals surface area contributed by atoms with E-state index in [4.69, 9.17) is 11.6 Å². The van der Waals surface area contributed by atoms with Crippen LogP contribution in [0.5, 0.6) is 0 Å². The van der Waals surface area contributed by atoms with E-state index in [1.807, 2.05) is 0 Å². The van der Waals surface area contributed by atoms with Gasteiger partial charge in [-0.3, -0.25) is 19.5 Å². The standard InChI is InChI=1S/C24H22ClF2N5O2S/c25-20(26)22(34)32(17-3-1-15(2-4-17)18-11-30-14-35-18)19(16-9-28-13-29-10-16)21(33)31-24-7-5-23(27,12-24)6-8-24/h1-4,9-11,13-14,19-20H,5-8,12H2,(H,31,33). The number of thiazole rings is 1. The molecule has 5 rings (SSSR count). The number of hydrogen-bond acceptors (Lipinski definition) is 6. The van der Waals surface area contributed by atoms with Crippen LogP contribution in [-0.4, -0.2) is 43.6 Å². The molecular formula is C24H22ClF2N5O2S. The van der Waals surface area contributed by atoms with Crippen molar-refractivity contribution in [3.63, 3.8) is 0 Å². The molecule has 2 aliphatic carbocycles. The van der Waals surface area contributed by atoms with E-state index in [-0.39, 0.29) is 17.7 Å². The van der Waals surface area contributed by atoms with Crippen molar-refractivity contribution in [2.24, 2.45) is 0 Å². The highest BCUT2D eigenvalue weighted by Crippen LogP contribution is 2.53. The zero-order chi connectivity index (χ0) is 24.6. The molecule has 1 aromatic carbocycles. The lowest BCUT2D eigenvalue weighted by molar-refractivity contribution is -0.128. The summed E-state index contributed by atoms with van der Waals surface area (Å²) in [4.78, 5) is 40.7. The molecule has 3 aromatic rings. The van der Waals surface area contributed by atoms with Crippen LogP contribution in [-0.2, 0) is 9.59 Å². The molecule has 0 aliphatic heterocycles. The van der Waals surface area contributed by atoms with Gasteiger partial charge in [0.2, 0.25) is 5.91 Å². The first-order valence-corrected chi connectivity index (χ1v) is 12.5. The zero-order valence-electron chi connectivity index (χ0n) is 18.5. The third kappa shape index (κ3) is 4.64. The molecule has 11 heteroatoms. The molecule has 1 N–H and O–H groups in total. The summed E-state index contributed by atoms with van der Waals surface area (Å²) < 4.78 is 29.0. The molecule has 2 aliphatic rings. The Morgan fingerprint density at radius 3 is 2.29 bits per heavy atom. The lowest BCUT2D eigenvalue weighted by atomic mass is 9.92. The number of halogens is 3. The Bertz CT molecular complexity index is 1200. The molecule has 2 amide bonds. The molecule has 2 saturated carbocycles. The second kappa shape index (κ2) is 9.23. The monoisotopic (exact) mass is 517 g/mol. The highest BCUT2D eigenvalue weighted by atomic mass is 35.5. The van der Waals surface area contributed by atoms with Crippen LogP contribution < -0.4 is 10.2 Å². The predicted octanol–water partition coefficient (Wildman–Crippen LogP) is 4.75. The van der Waals surface area contributed by atoms with Gasteiger partial charge < -0.3 is 5.32 Å². The van der Waals surface area contributed by atoms with E-state index in [9.17, 15) is 18.4 Å². The van der Waals surface area contributed by atoms with Crippen molar-refractivity contribution in [2.75, 3.05) is 4.90 Å². The maximum absolute atomic E-state index is 14.8. The van der Waals surface area contributed by atoms with Crippen molar-refractivity contribution >= 4 is 40.4 Å². The number of amides is 2. The molecule has 0 radical (unpaired) electrons. The molecule has 7 nitrogen and oxygen atoms in total. The summed E-state index contributed by atoms with van der Waals surface area (Å²) in [5.74, 6) is -1.67. The first-order chi connectivity index (χ1) is 16.8. The van der Waals surface area contributed by atoms with Gasteiger partial charge in [0.15, 0.2) is 0 Å². The lowest BCUT2D eigenvalue weighted by Gasteiger charge is -2.35. The van der Waals surface area contributed by atoms with Crippen molar-refractivity contribution in [1.82, 2.24) is 20.3 Å². The Kier molecular flexibility index (Phi) is 6.27. The highest BCUT2D eigenvalue weighted by molar-refractivity contribution is 7.13. The first-order valence-electron chi connectivity index (χ1n) is 11.2. The third-order valence-electron chi connectivity index (χ3n) is 6.84. The van der Waals surface area contributed by atoms with Gasteiger partial charge in [-0.15, -0.1) is 11.3 Å². The average Bonchev–Trinajstić information content (AvgIpc) is 3.58. The fraction of sp³-hybridized carbons (Fsp3) is 0.375. The maximum atomic E-state index is 14.8. The van der Waals surface area contributed by atoms with E-state index < -0.39 is 34.7 Å². The van der Waals surface area contributed by atoms with Crippen molar-refractivity contribution < 1.29 is 18.4 Å². The van der Waals surface area contributed by atoms with Crippen LogP contribution in [0.4, 0.5) is 14.5 Å². The maximum Gasteiger partial charge on any atom is 0.278 e. The van der Waals surface area contributed by atoms with Gasteiger partial charge in [-0.25, -0.2) is 18.7 Å². The largest absolute Gasteiger partial charge is 0.348 e. The minimum Gasteiger partial charge on any atom is -0.348 e. The van der Waals surface area contributed by atoms with E-state index in [1.165, 1.54) is 30.1 Å². The summed E-state index contributed by atoms with van der Waals surface area (Å²) >= 11 is 7.04. The summed E-state index contributed by atoms with van der Waals surface area (Å²) in [6.45, 7) is 0. The number of carbonyl (C=O) groups is 2. The molecule has 2 bridgehead atoms. The molecule has 2 heterocycles. The smallest absolute Gasteiger partial charge is 0.278 e. The topological polar surface area (TPSA) is 88.1 Å². The summed E-state index contributed by atoms with van der Waals surface area (Å²) in [6.07, 6.45) is 7.78. The molecule has 0 spiro atoms. The number of fused-ring (bicyclic) bond motifs is 2. The zero-order valence-corrected chi connectivity index (χ0v) is 20.1. The Hall–Kier alpha value is -2.98. The van der Waals surface area contributed by atoms with Crippen LogP contribution in [0.15, 0.2) is 54.7 Å². The minimum absolute atomic E-state index is 0.225. The van der Waals surface area contributed by atoms with E-state index in [0.29, 0.717) is 25.7 Å². The number of anilines is 1. The number of hydrogen-bond donors (Lipinski definition) is 1. The molecule has 0 saturated heterocycles. The van der Waals surface area contributed by atoms with Crippen molar-refractivity contribution in [2.45, 2.75) is 55.0 Å². The summed E-state index contributed by atoms with van der Waals surface area (Å²) in [6, 6.07) is 5.44. The third-order valence-corrected chi connectivity index (χ3v) is 7.84. The van der Waals surface area contributed by atoms with Gasteiger partial charge in [-0.05, 0) is 43.4 Å². The van der Waals surface area contributed by atoms with Gasteiger partial charge in [0, 0.05) is 41.8 Å². The number of carbonyl (C=O) groups excluding carboxylic acids is 2.